The number of hydrogen-bond acceptors (Lipinski definition) is 2. The zero-order chi connectivity index (χ0) is 11.3. The van der Waals surface area contributed by atoms with E-state index < -0.39 is 0 Å². The van der Waals surface area contributed by atoms with E-state index in [4.69, 9.17) is 0 Å². The number of unbranched alkanes of at least 4 members (excludes halogenated alkanes) is 1. The minimum absolute atomic E-state index is 0.477. The second kappa shape index (κ2) is 5.86. The number of pyridine rings is 1. The highest BCUT2D eigenvalue weighted by Crippen LogP contribution is 2.20. The van der Waals surface area contributed by atoms with E-state index in [2.05, 4.69) is 43.2 Å². The Kier molecular flexibility index (Phi) is 4.76. The van der Waals surface area contributed by atoms with Crippen LogP contribution in [0.1, 0.15) is 49.2 Å². The number of aromatic nitrogens is 1. The van der Waals surface area contributed by atoms with Crippen LogP contribution >= 0.6 is 0 Å². The van der Waals surface area contributed by atoms with Crippen LogP contribution in [0.2, 0.25) is 0 Å². The summed E-state index contributed by atoms with van der Waals surface area (Å²) in [5.74, 6) is 0. The summed E-state index contributed by atoms with van der Waals surface area (Å²) in [7, 11) is 2.03. The van der Waals surface area contributed by atoms with Gasteiger partial charge in [-0.25, -0.2) is 0 Å². The van der Waals surface area contributed by atoms with Gasteiger partial charge in [0.05, 0.1) is 0 Å². The molecule has 1 atom stereocenters. The van der Waals surface area contributed by atoms with E-state index in [-0.39, 0.29) is 0 Å². The van der Waals surface area contributed by atoms with E-state index in [1.165, 1.54) is 24.8 Å². The number of aryl methyl sites for hydroxylation is 2. The van der Waals surface area contributed by atoms with Gasteiger partial charge in [-0.2, -0.15) is 0 Å². The molecule has 0 radical (unpaired) electrons. The van der Waals surface area contributed by atoms with Gasteiger partial charge in [0, 0.05) is 17.4 Å². The van der Waals surface area contributed by atoms with Gasteiger partial charge >= 0.3 is 0 Å². The molecular weight excluding hydrogens is 184 g/mol. The van der Waals surface area contributed by atoms with Crippen molar-refractivity contribution >= 4 is 0 Å². The molecular formula is C13H22N2. The molecule has 0 spiro atoms. The molecule has 0 aliphatic rings. The molecule has 1 N–H and O–H groups in total. The molecule has 0 saturated carbocycles. The minimum atomic E-state index is 0.477. The predicted octanol–water partition coefficient (Wildman–Crippen LogP) is 3.15. The summed E-state index contributed by atoms with van der Waals surface area (Å²) in [6, 6.07) is 4.85. The second-order valence-corrected chi connectivity index (χ2v) is 4.17. The summed E-state index contributed by atoms with van der Waals surface area (Å²) in [5.41, 5.74) is 3.60. The van der Waals surface area contributed by atoms with Crippen molar-refractivity contribution < 1.29 is 0 Å². The number of rotatable bonds is 5. The zero-order valence-electron chi connectivity index (χ0n) is 10.3. The maximum atomic E-state index is 4.40. The van der Waals surface area contributed by atoms with Gasteiger partial charge < -0.3 is 5.32 Å². The molecule has 84 valence electrons. The number of nitrogens with one attached hydrogen (secondary N) is 1. The number of nitrogens with zero attached hydrogens (tertiary/aromatic N) is 1. The zero-order valence-corrected chi connectivity index (χ0v) is 10.3. The van der Waals surface area contributed by atoms with Crippen molar-refractivity contribution in [2.75, 3.05) is 7.05 Å². The molecule has 0 fully saturated rings. The average molecular weight is 206 g/mol. The van der Waals surface area contributed by atoms with Crippen molar-refractivity contribution in [2.45, 2.75) is 46.1 Å². The molecule has 2 heteroatoms. The first-order valence-electron chi connectivity index (χ1n) is 5.79. The van der Waals surface area contributed by atoms with Gasteiger partial charge in [-0.15, -0.1) is 0 Å². The van der Waals surface area contributed by atoms with E-state index in [9.17, 15) is 0 Å². The van der Waals surface area contributed by atoms with Gasteiger partial charge in [-0.3, -0.25) is 4.98 Å². The third-order valence-corrected chi connectivity index (χ3v) is 2.70. The lowest BCUT2D eigenvalue weighted by atomic mass is 10.0. The highest BCUT2D eigenvalue weighted by atomic mass is 14.9. The average Bonchev–Trinajstić information content (AvgIpc) is 2.17. The standard InChI is InChI=1S/C13H22N2/c1-5-6-7-13(14-4)12-8-10(2)15-11(3)9-12/h8-9,13-14H,5-7H2,1-4H3. The smallest absolute Gasteiger partial charge is 0.0379 e. The normalized spacial score (nSPS) is 12.8. The molecule has 1 rings (SSSR count). The molecule has 0 bridgehead atoms. The van der Waals surface area contributed by atoms with Crippen LogP contribution in [0.5, 0.6) is 0 Å². The SMILES string of the molecule is CCCCC(NC)c1cc(C)nc(C)c1. The van der Waals surface area contributed by atoms with Gasteiger partial charge in [-0.1, -0.05) is 19.8 Å². The van der Waals surface area contributed by atoms with Gasteiger partial charge in [0.15, 0.2) is 0 Å². The van der Waals surface area contributed by atoms with Crippen LogP contribution in [-0.2, 0) is 0 Å². The molecule has 1 aromatic rings. The molecule has 1 unspecified atom stereocenters. The first-order chi connectivity index (χ1) is 7.17. The monoisotopic (exact) mass is 206 g/mol. The molecule has 0 amide bonds. The summed E-state index contributed by atoms with van der Waals surface area (Å²) >= 11 is 0. The Morgan fingerprint density at radius 2 is 1.87 bits per heavy atom. The third-order valence-electron chi connectivity index (χ3n) is 2.70. The largest absolute Gasteiger partial charge is 0.313 e. The fourth-order valence-corrected chi connectivity index (χ4v) is 1.95. The van der Waals surface area contributed by atoms with Crippen molar-refractivity contribution in [3.05, 3.63) is 29.1 Å². The fraction of sp³-hybridized carbons (Fsp3) is 0.615. The minimum Gasteiger partial charge on any atom is -0.313 e. The van der Waals surface area contributed by atoms with Gasteiger partial charge in [-0.05, 0) is 45.0 Å². The summed E-state index contributed by atoms with van der Waals surface area (Å²) in [5, 5.41) is 3.38. The lowest BCUT2D eigenvalue weighted by molar-refractivity contribution is 0.521. The molecule has 1 aromatic heterocycles. The number of hydrogen-bond donors (Lipinski definition) is 1. The Morgan fingerprint density at radius 3 is 2.33 bits per heavy atom. The highest BCUT2D eigenvalue weighted by Gasteiger charge is 2.09. The van der Waals surface area contributed by atoms with Gasteiger partial charge in [0.25, 0.3) is 0 Å². The summed E-state index contributed by atoms with van der Waals surface area (Å²) in [4.78, 5) is 4.40. The molecule has 1 heterocycles. The molecule has 0 aliphatic heterocycles. The predicted molar refractivity (Wildman–Crippen MR) is 65.0 cm³/mol. The molecule has 0 saturated heterocycles. The molecule has 15 heavy (non-hydrogen) atoms. The molecule has 2 nitrogen and oxygen atoms in total. The van der Waals surface area contributed by atoms with Crippen LogP contribution in [0.4, 0.5) is 0 Å². The van der Waals surface area contributed by atoms with Crippen molar-refractivity contribution in [2.24, 2.45) is 0 Å². The molecule has 0 aliphatic carbocycles. The quantitative estimate of drug-likeness (QED) is 0.800. The van der Waals surface area contributed by atoms with Gasteiger partial charge in [0.2, 0.25) is 0 Å². The first kappa shape index (κ1) is 12.2. The lowest BCUT2D eigenvalue weighted by Crippen LogP contribution is -2.16. The van der Waals surface area contributed by atoms with E-state index >= 15 is 0 Å². The maximum Gasteiger partial charge on any atom is 0.0379 e. The van der Waals surface area contributed by atoms with Crippen LogP contribution in [0.15, 0.2) is 12.1 Å². The van der Waals surface area contributed by atoms with Crippen molar-refractivity contribution in [3.63, 3.8) is 0 Å². The van der Waals surface area contributed by atoms with Crippen LogP contribution in [0.3, 0.4) is 0 Å². The van der Waals surface area contributed by atoms with Crippen molar-refractivity contribution in [1.29, 1.82) is 0 Å². The van der Waals surface area contributed by atoms with E-state index in [0.717, 1.165) is 11.4 Å². The van der Waals surface area contributed by atoms with Crippen LogP contribution in [0, 0.1) is 13.8 Å². The second-order valence-electron chi connectivity index (χ2n) is 4.17. The van der Waals surface area contributed by atoms with E-state index in [1.807, 2.05) is 7.05 Å². The van der Waals surface area contributed by atoms with E-state index in [1.54, 1.807) is 0 Å². The first-order valence-corrected chi connectivity index (χ1v) is 5.79. The van der Waals surface area contributed by atoms with Crippen molar-refractivity contribution in [3.8, 4) is 0 Å². The highest BCUT2D eigenvalue weighted by molar-refractivity contribution is 5.23. The Hall–Kier alpha value is -0.890. The Balaban J connectivity index is 2.81. The fourth-order valence-electron chi connectivity index (χ4n) is 1.95. The Morgan fingerprint density at radius 1 is 1.27 bits per heavy atom. The van der Waals surface area contributed by atoms with Gasteiger partial charge in [0.1, 0.15) is 0 Å². The van der Waals surface area contributed by atoms with Crippen LogP contribution < -0.4 is 5.32 Å². The summed E-state index contributed by atoms with van der Waals surface area (Å²) in [6.45, 7) is 6.35. The Labute approximate surface area is 93.1 Å². The van der Waals surface area contributed by atoms with Crippen molar-refractivity contribution in [1.82, 2.24) is 10.3 Å². The lowest BCUT2D eigenvalue weighted by Gasteiger charge is -2.17. The third kappa shape index (κ3) is 3.63. The van der Waals surface area contributed by atoms with Crippen LogP contribution in [0.25, 0.3) is 0 Å². The van der Waals surface area contributed by atoms with E-state index in [0.29, 0.717) is 6.04 Å². The maximum absolute atomic E-state index is 4.40. The summed E-state index contributed by atoms with van der Waals surface area (Å²) < 4.78 is 0. The molecule has 0 aromatic carbocycles. The summed E-state index contributed by atoms with van der Waals surface area (Å²) in [6.07, 6.45) is 3.73. The Bertz CT molecular complexity index is 287. The van der Waals surface area contributed by atoms with Crippen LogP contribution in [-0.4, -0.2) is 12.0 Å². The topological polar surface area (TPSA) is 24.9 Å².